The van der Waals surface area contributed by atoms with Crippen molar-refractivity contribution < 1.29 is 14.3 Å². The summed E-state index contributed by atoms with van der Waals surface area (Å²) in [6.45, 7) is 1.90. The maximum absolute atomic E-state index is 13.6. The number of aromatic hydroxyl groups is 1. The van der Waals surface area contributed by atoms with Crippen LogP contribution >= 0.6 is 0 Å². The molecule has 0 aliphatic heterocycles. The van der Waals surface area contributed by atoms with Crippen molar-refractivity contribution in [2.75, 3.05) is 11.9 Å². The maximum Gasteiger partial charge on any atom is 0.276 e. The second kappa shape index (κ2) is 5.72. The van der Waals surface area contributed by atoms with Gasteiger partial charge in [0, 0.05) is 18.9 Å². The molecule has 0 saturated heterocycles. The molecule has 118 valence electrons. The highest BCUT2D eigenvalue weighted by Crippen LogP contribution is 2.22. The van der Waals surface area contributed by atoms with Gasteiger partial charge in [-0.05, 0) is 42.8 Å². The van der Waals surface area contributed by atoms with Gasteiger partial charge in [0.2, 0.25) is 0 Å². The van der Waals surface area contributed by atoms with Crippen LogP contribution in [0.5, 0.6) is 5.75 Å². The molecule has 0 unspecified atom stereocenters. The predicted molar refractivity (Wildman–Crippen MR) is 85.4 cm³/mol. The molecule has 6 heteroatoms. The number of hydrogen-bond acceptors (Lipinski definition) is 3. The summed E-state index contributed by atoms with van der Waals surface area (Å²) in [4.78, 5) is 18.7. The summed E-state index contributed by atoms with van der Waals surface area (Å²) in [5.41, 5.74) is 2.12. The molecule has 0 saturated carbocycles. The molecule has 2 heterocycles. The Morgan fingerprint density at radius 2 is 1.96 bits per heavy atom. The van der Waals surface area contributed by atoms with Gasteiger partial charge in [-0.2, -0.15) is 0 Å². The molecule has 5 nitrogen and oxygen atoms in total. The Bertz CT molecular complexity index is 871. The Labute approximate surface area is 132 Å². The van der Waals surface area contributed by atoms with E-state index in [0.29, 0.717) is 29.1 Å². The van der Waals surface area contributed by atoms with Crippen molar-refractivity contribution in [2.24, 2.45) is 0 Å². The summed E-state index contributed by atoms with van der Waals surface area (Å²) < 4.78 is 15.0. The number of pyridine rings is 1. The van der Waals surface area contributed by atoms with Crippen molar-refractivity contribution in [1.82, 2.24) is 9.38 Å². The summed E-state index contributed by atoms with van der Waals surface area (Å²) in [6, 6.07) is 9.17. The van der Waals surface area contributed by atoms with E-state index >= 15 is 0 Å². The van der Waals surface area contributed by atoms with Crippen molar-refractivity contribution in [1.29, 1.82) is 0 Å². The molecule has 2 aromatic heterocycles. The second-order valence-corrected chi connectivity index (χ2v) is 5.22. The average Bonchev–Trinajstić information content (AvgIpc) is 2.91. The third-order valence-corrected chi connectivity index (χ3v) is 3.73. The molecule has 3 aromatic rings. The predicted octanol–water partition coefficient (Wildman–Crippen LogP) is 3.02. The first kappa shape index (κ1) is 15.0. The number of anilines is 1. The lowest BCUT2D eigenvalue weighted by molar-refractivity contribution is 0.0986. The van der Waals surface area contributed by atoms with Gasteiger partial charge in [-0.3, -0.25) is 9.20 Å². The standard InChI is InChI=1S/C17H16FN3O2/c1-3-14-16(21-10-11(18)4-9-15(21)19-14)17(23)20(2)12-5-7-13(22)8-6-12/h4-10,22H,3H2,1-2H3. The van der Waals surface area contributed by atoms with Crippen LogP contribution in [-0.4, -0.2) is 27.4 Å². The van der Waals surface area contributed by atoms with Crippen LogP contribution in [0.1, 0.15) is 23.1 Å². The van der Waals surface area contributed by atoms with Crippen molar-refractivity contribution in [3.05, 3.63) is 59.8 Å². The fourth-order valence-electron chi connectivity index (χ4n) is 2.49. The number of fused-ring (bicyclic) bond motifs is 1. The Kier molecular flexibility index (Phi) is 3.73. The fourth-order valence-corrected chi connectivity index (χ4v) is 2.49. The molecule has 0 bridgehead atoms. The highest BCUT2D eigenvalue weighted by atomic mass is 19.1. The maximum atomic E-state index is 13.6. The Morgan fingerprint density at radius 1 is 1.26 bits per heavy atom. The van der Waals surface area contributed by atoms with E-state index in [1.807, 2.05) is 6.92 Å². The van der Waals surface area contributed by atoms with E-state index in [1.165, 1.54) is 33.7 Å². The minimum Gasteiger partial charge on any atom is -0.508 e. The average molecular weight is 313 g/mol. The number of aryl methyl sites for hydroxylation is 1. The van der Waals surface area contributed by atoms with Gasteiger partial charge in [0.1, 0.15) is 22.9 Å². The van der Waals surface area contributed by atoms with Crippen molar-refractivity contribution in [3.63, 3.8) is 0 Å². The number of aromatic nitrogens is 2. The Hall–Kier alpha value is -2.89. The zero-order valence-corrected chi connectivity index (χ0v) is 12.8. The third-order valence-electron chi connectivity index (χ3n) is 3.73. The first-order valence-electron chi connectivity index (χ1n) is 7.25. The number of carbonyl (C=O) groups excluding carboxylic acids is 1. The molecule has 0 spiro atoms. The minimum atomic E-state index is -0.432. The summed E-state index contributed by atoms with van der Waals surface area (Å²) in [6.07, 6.45) is 1.83. The number of nitrogens with zero attached hydrogens (tertiary/aromatic N) is 3. The lowest BCUT2D eigenvalue weighted by Crippen LogP contribution is -2.28. The van der Waals surface area contributed by atoms with Gasteiger partial charge >= 0.3 is 0 Å². The van der Waals surface area contributed by atoms with Gasteiger partial charge in [0.15, 0.2) is 0 Å². The van der Waals surface area contributed by atoms with Crippen LogP contribution in [0.3, 0.4) is 0 Å². The number of halogens is 1. The monoisotopic (exact) mass is 313 g/mol. The minimum absolute atomic E-state index is 0.126. The summed E-state index contributed by atoms with van der Waals surface area (Å²) in [5, 5.41) is 9.36. The van der Waals surface area contributed by atoms with Crippen molar-refractivity contribution >= 4 is 17.2 Å². The third kappa shape index (κ3) is 2.63. The Balaban J connectivity index is 2.09. The van der Waals surface area contributed by atoms with Crippen LogP contribution in [0.2, 0.25) is 0 Å². The van der Waals surface area contributed by atoms with Gasteiger partial charge in [-0.1, -0.05) is 6.92 Å². The molecule has 1 N–H and O–H groups in total. The molecule has 0 aliphatic carbocycles. The number of carbonyl (C=O) groups is 1. The van der Waals surface area contributed by atoms with Gasteiger partial charge in [0.05, 0.1) is 5.69 Å². The number of hydrogen-bond donors (Lipinski definition) is 1. The van der Waals surface area contributed by atoms with Crippen LogP contribution in [0, 0.1) is 5.82 Å². The summed E-state index contributed by atoms with van der Waals surface area (Å²) in [5.74, 6) is -0.592. The topological polar surface area (TPSA) is 57.8 Å². The van der Waals surface area contributed by atoms with Crippen LogP contribution in [-0.2, 0) is 6.42 Å². The highest BCUT2D eigenvalue weighted by molar-refractivity contribution is 6.06. The van der Waals surface area contributed by atoms with E-state index in [-0.39, 0.29) is 11.7 Å². The van der Waals surface area contributed by atoms with Crippen LogP contribution in [0.25, 0.3) is 5.65 Å². The first-order chi connectivity index (χ1) is 11.0. The van der Waals surface area contributed by atoms with Crippen LogP contribution < -0.4 is 4.90 Å². The summed E-state index contributed by atoms with van der Waals surface area (Å²) in [7, 11) is 1.63. The van der Waals surface area contributed by atoms with Crippen LogP contribution in [0.15, 0.2) is 42.6 Å². The van der Waals surface area contributed by atoms with E-state index in [2.05, 4.69) is 4.98 Å². The van der Waals surface area contributed by atoms with E-state index in [0.717, 1.165) is 0 Å². The van der Waals surface area contributed by atoms with E-state index in [1.54, 1.807) is 25.2 Å². The zero-order valence-electron chi connectivity index (χ0n) is 12.8. The van der Waals surface area contributed by atoms with Gasteiger partial charge in [0.25, 0.3) is 5.91 Å². The molecule has 0 fully saturated rings. The van der Waals surface area contributed by atoms with Gasteiger partial charge < -0.3 is 10.0 Å². The second-order valence-electron chi connectivity index (χ2n) is 5.22. The highest BCUT2D eigenvalue weighted by Gasteiger charge is 2.22. The quantitative estimate of drug-likeness (QED) is 0.808. The summed E-state index contributed by atoms with van der Waals surface area (Å²) >= 11 is 0. The number of rotatable bonds is 3. The van der Waals surface area contributed by atoms with Gasteiger partial charge in [-0.15, -0.1) is 0 Å². The normalized spacial score (nSPS) is 10.9. The number of amides is 1. The Morgan fingerprint density at radius 3 is 2.61 bits per heavy atom. The number of benzene rings is 1. The molecule has 3 rings (SSSR count). The number of imidazole rings is 1. The van der Waals surface area contributed by atoms with Gasteiger partial charge in [-0.25, -0.2) is 9.37 Å². The first-order valence-corrected chi connectivity index (χ1v) is 7.25. The SMILES string of the molecule is CCc1nc2ccc(F)cn2c1C(=O)N(C)c1ccc(O)cc1. The largest absolute Gasteiger partial charge is 0.508 e. The molecular weight excluding hydrogens is 297 g/mol. The lowest BCUT2D eigenvalue weighted by atomic mass is 10.2. The number of phenolic OH excluding ortho intramolecular Hbond substituents is 1. The molecule has 0 atom stereocenters. The molecule has 1 amide bonds. The van der Waals surface area contributed by atoms with Crippen molar-refractivity contribution in [3.8, 4) is 5.75 Å². The number of phenols is 1. The van der Waals surface area contributed by atoms with E-state index < -0.39 is 5.82 Å². The van der Waals surface area contributed by atoms with Crippen molar-refractivity contribution in [2.45, 2.75) is 13.3 Å². The molecule has 0 radical (unpaired) electrons. The molecule has 1 aromatic carbocycles. The zero-order chi connectivity index (χ0) is 16.6. The van der Waals surface area contributed by atoms with E-state index in [4.69, 9.17) is 0 Å². The van der Waals surface area contributed by atoms with E-state index in [9.17, 15) is 14.3 Å². The lowest BCUT2D eigenvalue weighted by Gasteiger charge is -2.18. The fraction of sp³-hybridized carbons (Fsp3) is 0.176. The van der Waals surface area contributed by atoms with Crippen LogP contribution in [0.4, 0.5) is 10.1 Å². The smallest absolute Gasteiger partial charge is 0.276 e. The molecule has 23 heavy (non-hydrogen) atoms. The molecular formula is C17H16FN3O2. The molecule has 0 aliphatic rings.